The monoisotopic (exact) mass is 339 g/mol. The number of rotatable bonds is 4. The van der Waals surface area contributed by atoms with Crippen LogP contribution in [0.5, 0.6) is 11.5 Å². The second-order valence-electron chi connectivity index (χ2n) is 5.14. The molecule has 0 saturated heterocycles. The van der Waals surface area contributed by atoms with Gasteiger partial charge in [0.1, 0.15) is 5.69 Å². The van der Waals surface area contributed by atoms with Gasteiger partial charge in [-0.2, -0.15) is 0 Å². The van der Waals surface area contributed by atoms with Crippen LogP contribution in [0.1, 0.15) is 0 Å². The SMILES string of the molecule is COc1cc([N+]([O-])=Nc2ccc([N+](=O)[O-])c3ccccc23)ccc1O. The number of nitro groups is 1. The molecule has 0 aliphatic carbocycles. The summed E-state index contributed by atoms with van der Waals surface area (Å²) in [5.74, 6) is 0.0440. The van der Waals surface area contributed by atoms with Crippen LogP contribution in [0.4, 0.5) is 17.1 Å². The van der Waals surface area contributed by atoms with Gasteiger partial charge in [0, 0.05) is 22.6 Å². The topological polar surface area (TPSA) is 111 Å². The van der Waals surface area contributed by atoms with Crippen molar-refractivity contribution in [2.24, 2.45) is 5.11 Å². The molecule has 0 unspecified atom stereocenters. The lowest BCUT2D eigenvalue weighted by atomic mass is 10.1. The third kappa shape index (κ3) is 3.05. The maximum atomic E-state index is 12.3. The molecule has 0 spiro atoms. The van der Waals surface area contributed by atoms with E-state index in [0.717, 1.165) is 0 Å². The van der Waals surface area contributed by atoms with Crippen molar-refractivity contribution in [1.82, 2.24) is 0 Å². The first kappa shape index (κ1) is 16.2. The van der Waals surface area contributed by atoms with Crippen molar-refractivity contribution in [3.63, 3.8) is 0 Å². The van der Waals surface area contributed by atoms with E-state index >= 15 is 0 Å². The number of aromatic hydroxyl groups is 1. The number of nitro benzene ring substituents is 1. The molecule has 0 heterocycles. The van der Waals surface area contributed by atoms with Gasteiger partial charge in [0.2, 0.25) is 5.69 Å². The predicted molar refractivity (Wildman–Crippen MR) is 90.6 cm³/mol. The standard InChI is InChI=1S/C17H13N3O5/c1-25-17-10-11(6-9-16(17)21)19(22)18-14-7-8-15(20(23)24)13-5-3-2-4-12(13)14/h2-10,21H,1H3. The first-order valence-corrected chi connectivity index (χ1v) is 7.23. The smallest absolute Gasteiger partial charge is 0.277 e. The first-order valence-electron chi connectivity index (χ1n) is 7.23. The third-order valence-corrected chi connectivity index (χ3v) is 3.66. The van der Waals surface area contributed by atoms with Crippen LogP contribution < -0.4 is 4.74 Å². The molecular weight excluding hydrogens is 326 g/mol. The Hall–Kier alpha value is -3.68. The molecule has 126 valence electrons. The summed E-state index contributed by atoms with van der Waals surface area (Å²) in [5, 5.41) is 37.9. The van der Waals surface area contributed by atoms with E-state index in [-0.39, 0.29) is 22.9 Å². The Kier molecular flexibility index (Phi) is 4.17. The summed E-state index contributed by atoms with van der Waals surface area (Å²) in [6, 6.07) is 13.4. The van der Waals surface area contributed by atoms with Crippen LogP contribution in [-0.4, -0.2) is 22.0 Å². The lowest BCUT2D eigenvalue weighted by Crippen LogP contribution is -1.93. The zero-order valence-corrected chi connectivity index (χ0v) is 13.1. The Morgan fingerprint density at radius 2 is 1.76 bits per heavy atom. The molecule has 0 aromatic heterocycles. The van der Waals surface area contributed by atoms with Crippen LogP contribution in [0.15, 0.2) is 59.7 Å². The number of methoxy groups -OCH3 is 1. The molecule has 3 rings (SSSR count). The van der Waals surface area contributed by atoms with E-state index in [1.165, 1.54) is 37.4 Å². The van der Waals surface area contributed by atoms with Gasteiger partial charge in [0.15, 0.2) is 11.5 Å². The number of benzene rings is 3. The van der Waals surface area contributed by atoms with Gasteiger partial charge in [-0.3, -0.25) is 10.1 Å². The molecule has 0 atom stereocenters. The minimum Gasteiger partial charge on any atom is -0.594 e. The van der Waals surface area contributed by atoms with Crippen molar-refractivity contribution in [2.75, 3.05) is 7.11 Å². The van der Waals surface area contributed by atoms with Crippen LogP contribution in [0.25, 0.3) is 10.8 Å². The van der Waals surface area contributed by atoms with E-state index in [1.807, 2.05) is 0 Å². The Morgan fingerprint density at radius 1 is 1.04 bits per heavy atom. The minimum absolute atomic E-state index is 0.0571. The fourth-order valence-electron chi connectivity index (χ4n) is 2.45. The predicted octanol–water partition coefficient (Wildman–Crippen LogP) is 4.39. The Labute approximate surface area is 142 Å². The second-order valence-corrected chi connectivity index (χ2v) is 5.14. The van der Waals surface area contributed by atoms with Crippen LogP contribution in [-0.2, 0) is 0 Å². The van der Waals surface area contributed by atoms with Gasteiger partial charge >= 0.3 is 0 Å². The quantitative estimate of drug-likeness (QED) is 0.328. The lowest BCUT2D eigenvalue weighted by Gasteiger charge is -2.06. The van der Waals surface area contributed by atoms with Crippen molar-refractivity contribution >= 4 is 27.8 Å². The number of non-ortho nitro benzene ring substituents is 1. The van der Waals surface area contributed by atoms with Gasteiger partial charge < -0.3 is 15.1 Å². The maximum absolute atomic E-state index is 12.3. The second kappa shape index (κ2) is 6.44. The van der Waals surface area contributed by atoms with Gasteiger partial charge in [-0.15, -0.1) is 0 Å². The number of phenols is 1. The zero-order valence-electron chi connectivity index (χ0n) is 13.1. The van der Waals surface area contributed by atoms with Gasteiger partial charge in [0.25, 0.3) is 5.69 Å². The number of nitrogens with zero attached hydrogens (tertiary/aromatic N) is 3. The van der Waals surface area contributed by atoms with Crippen molar-refractivity contribution in [3.8, 4) is 11.5 Å². The average Bonchev–Trinajstić information content (AvgIpc) is 2.62. The summed E-state index contributed by atoms with van der Waals surface area (Å²) < 4.78 is 4.97. The van der Waals surface area contributed by atoms with E-state index in [2.05, 4.69) is 5.11 Å². The highest BCUT2D eigenvalue weighted by molar-refractivity contribution is 5.98. The van der Waals surface area contributed by atoms with E-state index in [4.69, 9.17) is 4.74 Å². The fourth-order valence-corrected chi connectivity index (χ4v) is 2.45. The van der Waals surface area contributed by atoms with E-state index in [9.17, 15) is 20.4 Å². The number of ether oxygens (including phenoxy) is 1. The van der Waals surface area contributed by atoms with Crippen molar-refractivity contribution in [1.29, 1.82) is 0 Å². The van der Waals surface area contributed by atoms with Crippen LogP contribution in [0.3, 0.4) is 0 Å². The Balaban J connectivity index is 2.12. The highest BCUT2D eigenvalue weighted by atomic mass is 16.6. The van der Waals surface area contributed by atoms with Gasteiger partial charge in [-0.1, -0.05) is 18.2 Å². The molecule has 3 aromatic rings. The molecule has 3 aromatic carbocycles. The van der Waals surface area contributed by atoms with Crippen LogP contribution in [0.2, 0.25) is 0 Å². The number of azo groups is 1. The molecule has 25 heavy (non-hydrogen) atoms. The summed E-state index contributed by atoms with van der Waals surface area (Å²) in [6.07, 6.45) is 0. The third-order valence-electron chi connectivity index (χ3n) is 3.66. The molecule has 0 aliphatic rings. The van der Waals surface area contributed by atoms with Crippen LogP contribution >= 0.6 is 0 Å². The molecule has 0 radical (unpaired) electrons. The Bertz CT molecular complexity index is 1000. The lowest BCUT2D eigenvalue weighted by molar-refractivity contribution is -0.435. The molecule has 1 N–H and O–H groups in total. The molecule has 0 aliphatic heterocycles. The molecule has 0 amide bonds. The molecule has 8 nitrogen and oxygen atoms in total. The first-order chi connectivity index (χ1) is 12.0. The highest BCUT2D eigenvalue weighted by Gasteiger charge is 2.16. The summed E-state index contributed by atoms with van der Waals surface area (Å²) in [5.41, 5.74) is 0.388. The average molecular weight is 339 g/mol. The molecule has 0 fully saturated rings. The van der Waals surface area contributed by atoms with Crippen molar-refractivity contribution in [3.05, 3.63) is 69.9 Å². The number of hydrogen-bond acceptors (Lipinski definition) is 6. The Morgan fingerprint density at radius 3 is 2.44 bits per heavy atom. The highest BCUT2D eigenvalue weighted by Crippen LogP contribution is 2.35. The van der Waals surface area contributed by atoms with Crippen molar-refractivity contribution in [2.45, 2.75) is 0 Å². The molecule has 0 bridgehead atoms. The van der Waals surface area contributed by atoms with E-state index in [1.54, 1.807) is 24.3 Å². The number of hydrogen-bond donors (Lipinski definition) is 1. The summed E-state index contributed by atoms with van der Waals surface area (Å²) in [6.45, 7) is 0. The molecular formula is C17H13N3O5. The summed E-state index contributed by atoms with van der Waals surface area (Å²) in [4.78, 5) is 11.0. The summed E-state index contributed by atoms with van der Waals surface area (Å²) >= 11 is 0. The molecule has 8 heteroatoms. The number of phenolic OH excluding ortho intramolecular Hbond substituents is 1. The van der Waals surface area contributed by atoms with E-state index < -0.39 is 4.92 Å². The largest absolute Gasteiger partial charge is 0.594 e. The van der Waals surface area contributed by atoms with Gasteiger partial charge in [-0.05, 0) is 23.1 Å². The number of fused-ring (bicyclic) bond motifs is 1. The van der Waals surface area contributed by atoms with E-state index in [0.29, 0.717) is 21.3 Å². The van der Waals surface area contributed by atoms with Crippen LogP contribution in [0, 0.1) is 15.3 Å². The van der Waals surface area contributed by atoms with Gasteiger partial charge in [0.05, 0.1) is 23.5 Å². The summed E-state index contributed by atoms with van der Waals surface area (Å²) in [7, 11) is 1.37. The maximum Gasteiger partial charge on any atom is 0.277 e. The fraction of sp³-hybridized carbons (Fsp3) is 0.0588. The minimum atomic E-state index is -0.480. The zero-order chi connectivity index (χ0) is 18.0. The normalized spacial score (nSPS) is 11.5. The van der Waals surface area contributed by atoms with Crippen molar-refractivity contribution < 1.29 is 19.6 Å². The molecule has 0 saturated carbocycles. The van der Waals surface area contributed by atoms with Gasteiger partial charge in [-0.25, -0.2) is 0 Å².